The minimum atomic E-state index is -1.17. The number of aromatic amines is 1. The van der Waals surface area contributed by atoms with E-state index in [1.165, 1.54) is 6.20 Å². The highest BCUT2D eigenvalue weighted by molar-refractivity contribution is 5.07. The van der Waals surface area contributed by atoms with Crippen molar-refractivity contribution in [3.63, 3.8) is 0 Å². The highest BCUT2D eigenvalue weighted by Gasteiger charge is 2.43. The van der Waals surface area contributed by atoms with Gasteiger partial charge in [0.1, 0.15) is 24.4 Å². The molecule has 0 saturated carbocycles. The van der Waals surface area contributed by atoms with Crippen molar-refractivity contribution < 1.29 is 20.1 Å². The molecule has 0 aliphatic carbocycles. The van der Waals surface area contributed by atoms with Gasteiger partial charge in [-0.05, 0) is 0 Å². The molecule has 88 valence electrons. The van der Waals surface area contributed by atoms with Crippen LogP contribution in [0.15, 0.2) is 17.2 Å². The van der Waals surface area contributed by atoms with E-state index in [0.717, 1.165) is 6.20 Å². The topological polar surface area (TPSA) is 116 Å². The van der Waals surface area contributed by atoms with E-state index in [1.807, 2.05) is 0 Å². The number of rotatable bonds is 2. The van der Waals surface area contributed by atoms with Gasteiger partial charge in [0.05, 0.1) is 18.5 Å². The van der Waals surface area contributed by atoms with Crippen molar-refractivity contribution in [1.29, 1.82) is 0 Å². The Labute approximate surface area is 90.3 Å². The molecule has 1 aliphatic heterocycles. The second kappa shape index (κ2) is 4.30. The van der Waals surface area contributed by atoms with Gasteiger partial charge in [-0.25, -0.2) is 0 Å². The number of aromatic nitrogens is 2. The van der Waals surface area contributed by atoms with Gasteiger partial charge in [0.15, 0.2) is 0 Å². The van der Waals surface area contributed by atoms with E-state index in [9.17, 15) is 15.0 Å². The molecule has 2 rings (SSSR count). The molecule has 0 spiro atoms. The first-order valence-corrected chi connectivity index (χ1v) is 4.80. The maximum atomic E-state index is 10.8. The molecule has 0 aromatic carbocycles. The number of ether oxygens (including phenoxy) is 1. The summed E-state index contributed by atoms with van der Waals surface area (Å²) in [6.07, 6.45) is -1.65. The van der Waals surface area contributed by atoms with Crippen LogP contribution in [-0.4, -0.2) is 50.2 Å². The van der Waals surface area contributed by atoms with Crippen LogP contribution in [0.5, 0.6) is 0 Å². The molecule has 7 heteroatoms. The smallest absolute Gasteiger partial charge is 0.266 e. The van der Waals surface area contributed by atoms with Crippen molar-refractivity contribution in [3.05, 3.63) is 28.4 Å². The molecule has 2 heterocycles. The van der Waals surface area contributed by atoms with Crippen LogP contribution in [0, 0.1) is 0 Å². The van der Waals surface area contributed by atoms with Gasteiger partial charge in [-0.1, -0.05) is 0 Å². The molecule has 4 atom stereocenters. The predicted molar refractivity (Wildman–Crippen MR) is 51.6 cm³/mol. The molecule has 16 heavy (non-hydrogen) atoms. The van der Waals surface area contributed by atoms with Crippen LogP contribution in [0.4, 0.5) is 0 Å². The van der Waals surface area contributed by atoms with Crippen LogP contribution in [0.3, 0.4) is 0 Å². The Kier molecular flexibility index (Phi) is 3.01. The van der Waals surface area contributed by atoms with Crippen molar-refractivity contribution in [2.75, 3.05) is 6.61 Å². The Bertz CT molecular complexity index is 400. The summed E-state index contributed by atoms with van der Waals surface area (Å²) in [4.78, 5) is 17.0. The predicted octanol–water partition coefficient (Wildman–Crippen LogP) is -2.08. The summed E-state index contributed by atoms with van der Waals surface area (Å²) in [5.41, 5.74) is -0.0578. The minimum absolute atomic E-state index is 0.308. The van der Waals surface area contributed by atoms with Crippen molar-refractivity contribution in [3.8, 4) is 0 Å². The summed E-state index contributed by atoms with van der Waals surface area (Å²) in [6.45, 7) is -0.391. The lowest BCUT2D eigenvalue weighted by molar-refractivity contribution is -0.0240. The summed E-state index contributed by atoms with van der Waals surface area (Å²) < 4.78 is 5.23. The van der Waals surface area contributed by atoms with E-state index in [4.69, 9.17) is 9.84 Å². The third-order valence-corrected chi connectivity index (χ3v) is 2.53. The average molecular weight is 228 g/mol. The van der Waals surface area contributed by atoms with Gasteiger partial charge in [0, 0.05) is 6.20 Å². The second-order valence-corrected chi connectivity index (χ2v) is 3.59. The van der Waals surface area contributed by atoms with Gasteiger partial charge in [0.25, 0.3) is 5.56 Å². The highest BCUT2D eigenvalue weighted by Crippen LogP contribution is 2.31. The van der Waals surface area contributed by atoms with Crippen molar-refractivity contribution in [1.82, 2.24) is 9.97 Å². The van der Waals surface area contributed by atoms with Crippen LogP contribution < -0.4 is 5.56 Å². The quantitative estimate of drug-likeness (QED) is 0.462. The molecule has 1 aromatic rings. The molecule has 4 N–H and O–H groups in total. The number of H-pyrrole nitrogens is 1. The largest absolute Gasteiger partial charge is 0.394 e. The SMILES string of the molecule is O=c1cnc([C@@H]2O[C@H](CO)C(O)[C@@H]2O)c[nH]1. The average Bonchev–Trinajstić information content (AvgIpc) is 2.57. The normalized spacial score (nSPS) is 34.2. The van der Waals surface area contributed by atoms with Crippen molar-refractivity contribution >= 4 is 0 Å². The summed E-state index contributed by atoms with van der Waals surface area (Å²) in [5.74, 6) is 0. The molecule has 1 aliphatic rings. The van der Waals surface area contributed by atoms with Gasteiger partial charge < -0.3 is 25.0 Å². The van der Waals surface area contributed by atoms with Gasteiger partial charge in [0.2, 0.25) is 0 Å². The van der Waals surface area contributed by atoms with Crippen LogP contribution in [0.2, 0.25) is 0 Å². The molecule has 1 unspecified atom stereocenters. The Hall–Kier alpha value is -1.28. The Morgan fingerprint density at radius 2 is 2.19 bits per heavy atom. The first kappa shape index (κ1) is 11.2. The summed E-state index contributed by atoms with van der Waals surface area (Å²) in [6, 6.07) is 0. The zero-order chi connectivity index (χ0) is 11.7. The lowest BCUT2D eigenvalue weighted by atomic mass is 10.1. The van der Waals surface area contributed by atoms with Crippen LogP contribution in [-0.2, 0) is 4.74 Å². The number of hydrogen-bond acceptors (Lipinski definition) is 6. The molecular formula is C9H12N2O5. The Morgan fingerprint density at radius 3 is 2.69 bits per heavy atom. The molecule has 0 amide bonds. The van der Waals surface area contributed by atoms with E-state index in [2.05, 4.69) is 9.97 Å². The summed E-state index contributed by atoms with van der Waals surface area (Å²) in [7, 11) is 0. The second-order valence-electron chi connectivity index (χ2n) is 3.59. The first-order chi connectivity index (χ1) is 7.63. The number of nitrogens with one attached hydrogen (secondary N) is 1. The molecule has 0 bridgehead atoms. The van der Waals surface area contributed by atoms with Crippen molar-refractivity contribution in [2.24, 2.45) is 0 Å². The molecule has 1 fully saturated rings. The van der Waals surface area contributed by atoms with Gasteiger partial charge in [-0.15, -0.1) is 0 Å². The molecule has 1 saturated heterocycles. The van der Waals surface area contributed by atoms with Crippen LogP contribution in [0.1, 0.15) is 11.8 Å². The zero-order valence-corrected chi connectivity index (χ0v) is 8.28. The van der Waals surface area contributed by atoms with E-state index in [0.29, 0.717) is 5.69 Å². The zero-order valence-electron chi connectivity index (χ0n) is 8.28. The van der Waals surface area contributed by atoms with E-state index >= 15 is 0 Å². The number of aliphatic hydroxyl groups is 3. The summed E-state index contributed by atoms with van der Waals surface area (Å²) in [5, 5.41) is 28.1. The first-order valence-electron chi connectivity index (χ1n) is 4.80. The van der Waals surface area contributed by atoms with Gasteiger partial charge in [-0.2, -0.15) is 0 Å². The third kappa shape index (κ3) is 1.85. The third-order valence-electron chi connectivity index (χ3n) is 2.53. The van der Waals surface area contributed by atoms with E-state index in [-0.39, 0.29) is 5.56 Å². The number of nitrogens with zero attached hydrogens (tertiary/aromatic N) is 1. The maximum Gasteiger partial charge on any atom is 0.266 e. The molecule has 0 radical (unpaired) electrons. The fourth-order valence-corrected chi connectivity index (χ4v) is 1.65. The number of hydrogen-bond donors (Lipinski definition) is 4. The molecule has 1 aromatic heterocycles. The standard InChI is InChI=1S/C9H12N2O5/c12-3-5-7(14)8(15)9(16-5)4-1-11-6(13)2-10-4/h1-2,5,7-9,12,14-15H,3H2,(H,11,13)/t5-,7?,8+,9+/m1/s1. The minimum Gasteiger partial charge on any atom is -0.394 e. The van der Waals surface area contributed by atoms with Crippen LogP contribution in [0.25, 0.3) is 0 Å². The molecular weight excluding hydrogens is 216 g/mol. The monoisotopic (exact) mass is 228 g/mol. The fraction of sp³-hybridized carbons (Fsp3) is 0.556. The van der Waals surface area contributed by atoms with Gasteiger partial charge >= 0.3 is 0 Å². The lowest BCUT2D eigenvalue weighted by Gasteiger charge is -2.12. The molecule has 7 nitrogen and oxygen atoms in total. The van der Waals surface area contributed by atoms with Gasteiger partial charge in [-0.3, -0.25) is 9.78 Å². The van der Waals surface area contributed by atoms with Crippen molar-refractivity contribution in [2.45, 2.75) is 24.4 Å². The Morgan fingerprint density at radius 1 is 1.44 bits per heavy atom. The van der Waals surface area contributed by atoms with Crippen LogP contribution >= 0.6 is 0 Å². The Balaban J connectivity index is 2.22. The van der Waals surface area contributed by atoms with E-state index < -0.39 is 31.0 Å². The summed E-state index contributed by atoms with van der Waals surface area (Å²) >= 11 is 0. The van der Waals surface area contributed by atoms with E-state index in [1.54, 1.807) is 0 Å². The lowest BCUT2D eigenvalue weighted by Crippen LogP contribution is -2.32. The highest BCUT2D eigenvalue weighted by atomic mass is 16.6. The number of aliphatic hydroxyl groups excluding tert-OH is 3. The fourth-order valence-electron chi connectivity index (χ4n) is 1.65. The maximum absolute atomic E-state index is 10.8.